The van der Waals surface area contributed by atoms with E-state index in [0.717, 1.165) is 5.56 Å². The highest BCUT2D eigenvalue weighted by atomic mass is 35.5. The van der Waals surface area contributed by atoms with E-state index in [2.05, 4.69) is 15.8 Å². The molecule has 5 amide bonds. The Hall–Kier alpha value is -3.83. The number of hydrazone groups is 1. The summed E-state index contributed by atoms with van der Waals surface area (Å²) in [5.41, 5.74) is 3.00. The third-order valence-corrected chi connectivity index (χ3v) is 7.46. The summed E-state index contributed by atoms with van der Waals surface area (Å²) in [5, 5.41) is 19.8. The minimum atomic E-state index is -1.13. The SMILES string of the molecule is CC1(C)C(N(O)C(=O)Nc2ccc(Cl)cc2)N(c2ccc(Cl)cc2)C(=O)N1CCCC(=O)NN=Cc1ccc(Cl)cc1. The molecule has 0 aliphatic carbocycles. The van der Waals surface area contributed by atoms with Crippen molar-refractivity contribution in [3.63, 3.8) is 0 Å². The van der Waals surface area contributed by atoms with Crippen LogP contribution in [0.4, 0.5) is 21.0 Å². The molecule has 3 aromatic carbocycles. The van der Waals surface area contributed by atoms with Gasteiger partial charge in [0.25, 0.3) is 0 Å². The Balaban J connectivity index is 1.47. The van der Waals surface area contributed by atoms with Gasteiger partial charge in [-0.2, -0.15) is 10.2 Å². The first kappa shape index (κ1) is 31.1. The molecular formula is C29H29Cl3N6O4. The van der Waals surface area contributed by atoms with Crippen molar-refractivity contribution in [2.45, 2.75) is 38.4 Å². The van der Waals surface area contributed by atoms with Gasteiger partial charge in [0.05, 0.1) is 11.8 Å². The summed E-state index contributed by atoms with van der Waals surface area (Å²) in [4.78, 5) is 42.1. The van der Waals surface area contributed by atoms with Crippen LogP contribution in [0, 0.1) is 0 Å². The van der Waals surface area contributed by atoms with E-state index in [9.17, 15) is 19.6 Å². The van der Waals surface area contributed by atoms with Crippen molar-refractivity contribution in [1.29, 1.82) is 0 Å². The minimum Gasteiger partial charge on any atom is -0.315 e. The number of amides is 5. The molecule has 0 bridgehead atoms. The lowest BCUT2D eigenvalue weighted by Gasteiger charge is -2.38. The number of halogens is 3. The maximum Gasteiger partial charge on any atom is 0.347 e. The molecule has 0 spiro atoms. The zero-order valence-electron chi connectivity index (χ0n) is 22.8. The summed E-state index contributed by atoms with van der Waals surface area (Å²) in [6.07, 6.45) is 0.766. The fourth-order valence-electron chi connectivity index (χ4n) is 4.59. The Kier molecular flexibility index (Phi) is 9.95. The summed E-state index contributed by atoms with van der Waals surface area (Å²) in [5.74, 6) is -0.332. The minimum absolute atomic E-state index is 0.0866. The van der Waals surface area contributed by atoms with Crippen molar-refractivity contribution in [2.75, 3.05) is 16.8 Å². The summed E-state index contributed by atoms with van der Waals surface area (Å²) >= 11 is 17.9. The number of urea groups is 2. The molecule has 4 rings (SSSR count). The van der Waals surface area contributed by atoms with Gasteiger partial charge in [0, 0.05) is 39.4 Å². The summed E-state index contributed by atoms with van der Waals surface area (Å²) in [7, 11) is 0. The Morgan fingerprint density at radius 3 is 2.10 bits per heavy atom. The number of nitrogens with zero attached hydrogens (tertiary/aromatic N) is 4. The number of carbonyl (C=O) groups is 3. The Morgan fingerprint density at radius 2 is 1.50 bits per heavy atom. The zero-order valence-corrected chi connectivity index (χ0v) is 25.1. The summed E-state index contributed by atoms with van der Waals surface area (Å²) in [6.45, 7) is 3.65. The highest BCUT2D eigenvalue weighted by Gasteiger charge is 2.55. The first-order valence-corrected chi connectivity index (χ1v) is 14.1. The van der Waals surface area contributed by atoms with Gasteiger partial charge in [-0.05, 0) is 86.5 Å². The van der Waals surface area contributed by atoms with E-state index in [1.54, 1.807) is 86.6 Å². The molecule has 0 radical (unpaired) electrons. The zero-order chi connectivity index (χ0) is 30.4. The van der Waals surface area contributed by atoms with Gasteiger partial charge in [0.15, 0.2) is 6.17 Å². The van der Waals surface area contributed by atoms with Crippen molar-refractivity contribution in [2.24, 2.45) is 5.10 Å². The number of hydroxylamine groups is 2. The maximum absolute atomic E-state index is 13.8. The molecule has 13 heteroatoms. The van der Waals surface area contributed by atoms with Gasteiger partial charge < -0.3 is 10.2 Å². The van der Waals surface area contributed by atoms with Crippen LogP contribution in [0.1, 0.15) is 32.3 Å². The van der Waals surface area contributed by atoms with Crippen molar-refractivity contribution in [1.82, 2.24) is 15.4 Å². The van der Waals surface area contributed by atoms with E-state index < -0.39 is 23.8 Å². The molecule has 42 heavy (non-hydrogen) atoms. The average molecular weight is 632 g/mol. The van der Waals surface area contributed by atoms with E-state index in [-0.39, 0.29) is 18.9 Å². The number of nitrogens with one attached hydrogen (secondary N) is 2. The third-order valence-electron chi connectivity index (χ3n) is 6.71. The van der Waals surface area contributed by atoms with Crippen molar-refractivity contribution >= 4 is 70.4 Å². The van der Waals surface area contributed by atoms with Crippen LogP contribution in [-0.4, -0.2) is 57.6 Å². The normalized spacial score (nSPS) is 16.1. The second-order valence-electron chi connectivity index (χ2n) is 10.0. The second kappa shape index (κ2) is 13.4. The quantitative estimate of drug-likeness (QED) is 0.136. The molecule has 0 saturated carbocycles. The maximum atomic E-state index is 13.8. The molecule has 3 aromatic rings. The van der Waals surface area contributed by atoms with Gasteiger partial charge in [-0.3, -0.25) is 14.9 Å². The highest BCUT2D eigenvalue weighted by Crippen LogP contribution is 2.38. The molecular weight excluding hydrogens is 603 g/mol. The van der Waals surface area contributed by atoms with Crippen LogP contribution in [0.15, 0.2) is 77.9 Å². The first-order valence-electron chi connectivity index (χ1n) is 13.0. The van der Waals surface area contributed by atoms with Crippen LogP contribution in [0.25, 0.3) is 0 Å². The topological polar surface area (TPSA) is 118 Å². The van der Waals surface area contributed by atoms with E-state index >= 15 is 0 Å². The fraction of sp³-hybridized carbons (Fsp3) is 0.241. The van der Waals surface area contributed by atoms with Crippen LogP contribution >= 0.6 is 34.8 Å². The van der Waals surface area contributed by atoms with E-state index in [4.69, 9.17) is 34.8 Å². The van der Waals surface area contributed by atoms with E-state index in [0.29, 0.717) is 37.9 Å². The van der Waals surface area contributed by atoms with Crippen LogP contribution in [0.2, 0.25) is 15.1 Å². The number of rotatable bonds is 9. The average Bonchev–Trinajstić information content (AvgIpc) is 3.15. The molecule has 0 aromatic heterocycles. The summed E-state index contributed by atoms with van der Waals surface area (Å²) < 4.78 is 0. The van der Waals surface area contributed by atoms with Crippen LogP contribution in [-0.2, 0) is 4.79 Å². The monoisotopic (exact) mass is 630 g/mol. The molecule has 1 aliphatic rings. The number of carbonyl (C=O) groups excluding carboxylic acids is 3. The van der Waals surface area contributed by atoms with Crippen LogP contribution in [0.5, 0.6) is 0 Å². The predicted molar refractivity (Wildman–Crippen MR) is 164 cm³/mol. The number of benzene rings is 3. The van der Waals surface area contributed by atoms with Gasteiger partial charge in [-0.25, -0.2) is 15.0 Å². The van der Waals surface area contributed by atoms with Crippen LogP contribution < -0.4 is 15.6 Å². The van der Waals surface area contributed by atoms with Crippen molar-refractivity contribution < 1.29 is 19.6 Å². The molecule has 1 saturated heterocycles. The summed E-state index contributed by atoms with van der Waals surface area (Å²) in [6, 6.07) is 18.5. The standard InChI is InChI=1S/C29H29Cl3N6O4/c1-29(2)26(38(42)27(40)34-23-13-9-21(31)10-14-23)37(24-15-11-22(32)12-16-24)28(41)36(29)17-3-4-25(39)35-33-18-19-5-7-20(30)8-6-19/h5-16,18,26,42H,3-4,17H2,1-2H3,(H,34,40)(H,35,39). The number of hydrogen-bond donors (Lipinski definition) is 3. The van der Waals surface area contributed by atoms with Crippen LogP contribution in [0.3, 0.4) is 0 Å². The van der Waals surface area contributed by atoms with Crippen molar-refractivity contribution in [3.8, 4) is 0 Å². The molecule has 1 fully saturated rings. The van der Waals surface area contributed by atoms with Gasteiger partial charge in [0.1, 0.15) is 0 Å². The molecule has 1 unspecified atom stereocenters. The third kappa shape index (κ3) is 7.32. The number of hydrogen-bond acceptors (Lipinski definition) is 5. The van der Waals surface area contributed by atoms with E-state index in [1.807, 2.05) is 0 Å². The van der Waals surface area contributed by atoms with Gasteiger partial charge >= 0.3 is 12.1 Å². The van der Waals surface area contributed by atoms with Gasteiger partial charge in [-0.15, -0.1) is 0 Å². The molecule has 1 aliphatic heterocycles. The predicted octanol–water partition coefficient (Wildman–Crippen LogP) is 6.85. The lowest BCUT2D eigenvalue weighted by Crippen LogP contribution is -2.58. The molecule has 1 atom stereocenters. The highest BCUT2D eigenvalue weighted by molar-refractivity contribution is 6.31. The second-order valence-corrected chi connectivity index (χ2v) is 11.3. The molecule has 220 valence electrons. The molecule has 10 nitrogen and oxygen atoms in total. The Morgan fingerprint density at radius 1 is 0.952 bits per heavy atom. The number of anilines is 2. The fourth-order valence-corrected chi connectivity index (χ4v) is 4.97. The first-order chi connectivity index (χ1) is 20.0. The Labute approximate surface area is 258 Å². The van der Waals surface area contributed by atoms with E-state index in [1.165, 1.54) is 16.0 Å². The smallest absolute Gasteiger partial charge is 0.315 e. The Bertz CT molecular complexity index is 1450. The van der Waals surface area contributed by atoms with Crippen molar-refractivity contribution in [3.05, 3.63) is 93.4 Å². The van der Waals surface area contributed by atoms with Gasteiger partial charge in [0.2, 0.25) is 5.91 Å². The molecule has 3 N–H and O–H groups in total. The lowest BCUT2D eigenvalue weighted by molar-refractivity contribution is -0.121. The van der Waals surface area contributed by atoms with Gasteiger partial charge in [-0.1, -0.05) is 46.9 Å². The largest absolute Gasteiger partial charge is 0.347 e. The molecule has 1 heterocycles. The lowest BCUT2D eigenvalue weighted by atomic mass is 9.99.